The summed E-state index contributed by atoms with van der Waals surface area (Å²) in [6, 6.07) is 0. The quantitative estimate of drug-likeness (QED) is 0.533. The van der Waals surface area contributed by atoms with Gasteiger partial charge < -0.3 is 22.1 Å². The number of nitrogens with two attached hydrogens (primary N) is 2. The Morgan fingerprint density at radius 3 is 2.80 bits per heavy atom. The van der Waals surface area contributed by atoms with E-state index in [1.807, 2.05) is 0 Å². The van der Waals surface area contributed by atoms with Crippen LogP contribution in [0, 0.1) is 0 Å². The van der Waals surface area contributed by atoms with E-state index in [0.717, 1.165) is 16.9 Å². The van der Waals surface area contributed by atoms with E-state index in [4.69, 9.17) is 11.5 Å². The monoisotopic (exact) mass is 294 g/mol. The highest BCUT2D eigenvalue weighted by atomic mass is 32.1. The van der Waals surface area contributed by atoms with Gasteiger partial charge in [-0.1, -0.05) is 0 Å². The molecule has 0 bridgehead atoms. The average molecular weight is 294 g/mol. The Kier molecular flexibility index (Phi) is 3.89. The number of amides is 2. The highest BCUT2D eigenvalue weighted by molar-refractivity contribution is 7.19. The SMILES string of the molecule is CNC(=O)c1sc(NCc2cn[nH]c2)c(C(N)=O)c1N. The van der Waals surface area contributed by atoms with Crippen LogP contribution in [0.15, 0.2) is 12.4 Å². The molecule has 2 rings (SSSR count). The number of hydrogen-bond donors (Lipinski definition) is 5. The molecule has 0 saturated carbocycles. The number of thiophene rings is 1. The minimum absolute atomic E-state index is 0.0940. The molecule has 20 heavy (non-hydrogen) atoms. The van der Waals surface area contributed by atoms with Crippen molar-refractivity contribution in [1.82, 2.24) is 15.5 Å². The molecule has 0 atom stereocenters. The van der Waals surface area contributed by atoms with Crippen molar-refractivity contribution < 1.29 is 9.59 Å². The summed E-state index contributed by atoms with van der Waals surface area (Å²) in [5.74, 6) is -1.03. The van der Waals surface area contributed by atoms with Gasteiger partial charge >= 0.3 is 0 Å². The molecule has 2 heterocycles. The van der Waals surface area contributed by atoms with Crippen LogP contribution in [0.5, 0.6) is 0 Å². The highest BCUT2D eigenvalue weighted by Gasteiger charge is 2.23. The lowest BCUT2D eigenvalue weighted by atomic mass is 10.2. The van der Waals surface area contributed by atoms with E-state index >= 15 is 0 Å². The van der Waals surface area contributed by atoms with Crippen molar-refractivity contribution in [2.24, 2.45) is 5.73 Å². The van der Waals surface area contributed by atoms with Gasteiger partial charge in [-0.15, -0.1) is 11.3 Å². The Hall–Kier alpha value is -2.55. The highest BCUT2D eigenvalue weighted by Crippen LogP contribution is 2.35. The predicted molar refractivity (Wildman–Crippen MR) is 76.6 cm³/mol. The fourth-order valence-corrected chi connectivity index (χ4v) is 2.72. The summed E-state index contributed by atoms with van der Waals surface area (Å²) in [5, 5.41) is 12.5. The Morgan fingerprint density at radius 2 is 2.25 bits per heavy atom. The molecule has 106 valence electrons. The molecule has 0 saturated heterocycles. The minimum atomic E-state index is -0.677. The van der Waals surface area contributed by atoms with Crippen LogP contribution in [-0.2, 0) is 6.54 Å². The number of hydrogen-bond acceptors (Lipinski definition) is 6. The number of anilines is 2. The largest absolute Gasteiger partial charge is 0.397 e. The third-order valence-electron chi connectivity index (χ3n) is 2.63. The molecule has 7 N–H and O–H groups in total. The van der Waals surface area contributed by atoms with Crippen molar-refractivity contribution >= 4 is 33.8 Å². The van der Waals surface area contributed by atoms with Gasteiger partial charge in [0.05, 0.1) is 17.4 Å². The molecule has 2 aromatic rings. The van der Waals surface area contributed by atoms with Crippen molar-refractivity contribution in [3.8, 4) is 0 Å². The molecule has 0 radical (unpaired) electrons. The van der Waals surface area contributed by atoms with Crippen LogP contribution in [0.4, 0.5) is 10.7 Å². The second-order valence-corrected chi connectivity index (χ2v) is 4.97. The molecular formula is C11H14N6O2S. The van der Waals surface area contributed by atoms with Crippen LogP contribution in [0.3, 0.4) is 0 Å². The average Bonchev–Trinajstić information content (AvgIpc) is 3.02. The van der Waals surface area contributed by atoms with Crippen LogP contribution in [0.25, 0.3) is 0 Å². The Balaban J connectivity index is 2.31. The first-order chi connectivity index (χ1) is 9.54. The number of primary amides is 1. The van der Waals surface area contributed by atoms with E-state index in [1.165, 1.54) is 7.05 Å². The first kappa shape index (κ1) is 13.9. The van der Waals surface area contributed by atoms with Crippen molar-refractivity contribution in [3.63, 3.8) is 0 Å². The van der Waals surface area contributed by atoms with Crippen LogP contribution < -0.4 is 22.1 Å². The van der Waals surface area contributed by atoms with Crippen LogP contribution >= 0.6 is 11.3 Å². The third-order valence-corrected chi connectivity index (χ3v) is 3.79. The van der Waals surface area contributed by atoms with Crippen LogP contribution in [0.1, 0.15) is 25.6 Å². The van der Waals surface area contributed by atoms with E-state index < -0.39 is 5.91 Å². The molecule has 0 fully saturated rings. The summed E-state index contributed by atoms with van der Waals surface area (Å²) in [5.41, 5.74) is 12.3. The Morgan fingerprint density at radius 1 is 1.50 bits per heavy atom. The van der Waals surface area contributed by atoms with E-state index in [0.29, 0.717) is 11.5 Å². The normalized spacial score (nSPS) is 10.2. The van der Waals surface area contributed by atoms with Gasteiger partial charge in [0.15, 0.2) is 0 Å². The molecule has 0 aliphatic carbocycles. The molecule has 0 aliphatic heterocycles. The molecule has 2 amide bonds. The minimum Gasteiger partial charge on any atom is -0.397 e. The molecule has 9 heteroatoms. The van der Waals surface area contributed by atoms with Gasteiger partial charge in [0.2, 0.25) is 0 Å². The zero-order valence-electron chi connectivity index (χ0n) is 10.7. The second kappa shape index (κ2) is 5.61. The number of nitrogens with zero attached hydrogens (tertiary/aromatic N) is 1. The number of aromatic nitrogens is 2. The number of aromatic amines is 1. The van der Waals surface area contributed by atoms with Crippen molar-refractivity contribution in [3.05, 3.63) is 28.4 Å². The number of H-pyrrole nitrogens is 1. The van der Waals surface area contributed by atoms with Gasteiger partial charge in [0.25, 0.3) is 11.8 Å². The molecule has 0 spiro atoms. The van der Waals surface area contributed by atoms with Gasteiger partial charge in [-0.25, -0.2) is 0 Å². The lowest BCUT2D eigenvalue weighted by Gasteiger charge is -2.03. The fourth-order valence-electron chi connectivity index (χ4n) is 1.65. The Labute approximate surface area is 118 Å². The molecular weight excluding hydrogens is 280 g/mol. The maximum atomic E-state index is 11.7. The van der Waals surface area contributed by atoms with Crippen molar-refractivity contribution in [2.45, 2.75) is 6.54 Å². The third kappa shape index (κ3) is 2.57. The van der Waals surface area contributed by atoms with Crippen LogP contribution in [-0.4, -0.2) is 29.1 Å². The summed E-state index contributed by atoms with van der Waals surface area (Å²) >= 11 is 1.09. The molecule has 8 nitrogen and oxygen atoms in total. The zero-order chi connectivity index (χ0) is 14.7. The molecule has 0 unspecified atom stereocenters. The maximum absolute atomic E-state index is 11.7. The van der Waals surface area contributed by atoms with E-state index in [9.17, 15) is 9.59 Å². The van der Waals surface area contributed by atoms with E-state index in [-0.39, 0.29) is 22.0 Å². The smallest absolute Gasteiger partial charge is 0.263 e. The number of rotatable bonds is 5. The van der Waals surface area contributed by atoms with Crippen molar-refractivity contribution in [1.29, 1.82) is 0 Å². The fraction of sp³-hybridized carbons (Fsp3) is 0.182. The topological polar surface area (TPSA) is 139 Å². The van der Waals surface area contributed by atoms with Gasteiger partial charge in [-0.3, -0.25) is 14.7 Å². The maximum Gasteiger partial charge on any atom is 0.263 e. The summed E-state index contributed by atoms with van der Waals surface area (Å²) in [4.78, 5) is 23.4. The summed E-state index contributed by atoms with van der Waals surface area (Å²) < 4.78 is 0. The first-order valence-electron chi connectivity index (χ1n) is 5.70. The lowest BCUT2D eigenvalue weighted by Crippen LogP contribution is -2.19. The number of carbonyl (C=O) groups is 2. The predicted octanol–water partition coefficient (Wildman–Crippen LogP) is 0.124. The summed E-state index contributed by atoms with van der Waals surface area (Å²) in [6.07, 6.45) is 3.36. The summed E-state index contributed by atoms with van der Waals surface area (Å²) in [7, 11) is 1.49. The number of carbonyl (C=O) groups excluding carboxylic acids is 2. The standard InChI is InChI=1S/C11H14N6O2S/c1-14-10(19)8-7(12)6(9(13)18)11(20-8)15-2-5-3-16-17-4-5/h3-4,15H,2,12H2,1H3,(H2,13,18)(H,14,19)(H,16,17). The number of nitrogens with one attached hydrogen (secondary N) is 3. The molecule has 0 aromatic carbocycles. The molecule has 2 aromatic heterocycles. The van der Waals surface area contributed by atoms with E-state index in [2.05, 4.69) is 20.8 Å². The Bertz CT molecular complexity index is 634. The number of nitrogen functional groups attached to an aromatic ring is 1. The van der Waals surface area contributed by atoms with Gasteiger partial charge in [0.1, 0.15) is 9.88 Å². The van der Waals surface area contributed by atoms with Gasteiger partial charge in [-0.05, 0) is 0 Å². The zero-order valence-corrected chi connectivity index (χ0v) is 11.5. The summed E-state index contributed by atoms with van der Waals surface area (Å²) in [6.45, 7) is 0.434. The van der Waals surface area contributed by atoms with Gasteiger partial charge in [-0.2, -0.15) is 5.10 Å². The first-order valence-corrected chi connectivity index (χ1v) is 6.52. The second-order valence-electron chi connectivity index (χ2n) is 3.95. The van der Waals surface area contributed by atoms with E-state index in [1.54, 1.807) is 12.4 Å². The lowest BCUT2D eigenvalue weighted by molar-refractivity contribution is 0.0967. The van der Waals surface area contributed by atoms with Crippen molar-refractivity contribution in [2.75, 3.05) is 18.1 Å². The molecule has 0 aliphatic rings. The van der Waals surface area contributed by atoms with Crippen LogP contribution in [0.2, 0.25) is 0 Å². The van der Waals surface area contributed by atoms with Gasteiger partial charge in [0, 0.05) is 25.4 Å².